The molecule has 1 aliphatic heterocycles. The molecule has 0 aliphatic carbocycles. The van der Waals surface area contributed by atoms with Crippen LogP contribution in [0.25, 0.3) is 0 Å². The number of aromatic nitrogens is 2. The molecule has 124 valence electrons. The van der Waals surface area contributed by atoms with Crippen LogP contribution in [0.2, 0.25) is 0 Å². The Hall–Kier alpha value is -0.811. The molecule has 0 bridgehead atoms. The summed E-state index contributed by atoms with van der Waals surface area (Å²) in [7, 11) is -5.24. The maximum absolute atomic E-state index is 11.6. The number of hydrogen-bond acceptors (Lipinski definition) is 10. The topological polar surface area (TPSA) is 183 Å². The Bertz CT molecular complexity index is 621. The Kier molecular flexibility index (Phi) is 6.27. The number of nitrogen functional groups attached to an aromatic ring is 1. The minimum absolute atomic E-state index is 0. The molecule has 2 heterocycles. The largest absolute Gasteiger partial charge is 2.00 e. The van der Waals surface area contributed by atoms with Crippen molar-refractivity contribution in [3.05, 3.63) is 22.7 Å². The second-order valence-electron chi connectivity index (χ2n) is 4.33. The van der Waals surface area contributed by atoms with Crippen molar-refractivity contribution in [1.82, 2.24) is 9.55 Å². The molecule has 0 aromatic carbocycles. The Balaban J connectivity index is 0.00000242. The molecule has 4 N–H and O–H groups in total. The van der Waals surface area contributed by atoms with Gasteiger partial charge in [-0.2, -0.15) is 4.98 Å². The maximum Gasteiger partial charge on any atom is 2.00 e. The van der Waals surface area contributed by atoms with Gasteiger partial charge in [0.05, 0.1) is 14.4 Å². The van der Waals surface area contributed by atoms with E-state index in [0.717, 1.165) is 4.57 Å². The Morgan fingerprint density at radius 1 is 1.45 bits per heavy atom. The van der Waals surface area contributed by atoms with Crippen molar-refractivity contribution in [2.75, 3.05) is 12.3 Å². The number of aliphatic hydroxyl groups is 2. The summed E-state index contributed by atoms with van der Waals surface area (Å²) >= 11 is 0. The number of phosphoric ester groups is 1. The first-order valence-corrected chi connectivity index (χ1v) is 7.18. The van der Waals surface area contributed by atoms with Crippen molar-refractivity contribution in [3.8, 4) is 0 Å². The normalized spacial score (nSPS) is 28.4. The van der Waals surface area contributed by atoms with Crippen LogP contribution in [-0.2, 0) is 30.9 Å². The molecule has 1 aromatic heterocycles. The van der Waals surface area contributed by atoms with E-state index in [1.54, 1.807) is 0 Å². The van der Waals surface area contributed by atoms with E-state index in [1.165, 1.54) is 12.3 Å². The predicted molar refractivity (Wildman–Crippen MR) is 62.4 cm³/mol. The summed E-state index contributed by atoms with van der Waals surface area (Å²) in [5, 5.41) is 19.6. The quantitative estimate of drug-likeness (QED) is 0.348. The summed E-state index contributed by atoms with van der Waals surface area (Å²) < 4.78 is 20.4. The molecule has 1 saturated heterocycles. The van der Waals surface area contributed by atoms with Crippen molar-refractivity contribution < 1.29 is 50.9 Å². The monoisotopic (exact) mass is 377 g/mol. The number of hydrogen-bond donors (Lipinski definition) is 3. The predicted octanol–water partition coefficient (Wildman–Crippen LogP) is -3.71. The van der Waals surface area contributed by atoms with Crippen molar-refractivity contribution in [2.45, 2.75) is 24.5 Å². The zero-order chi connectivity index (χ0) is 15.8. The fraction of sp³-hybridized carbons (Fsp3) is 0.556. The minimum Gasteiger partial charge on any atom is -0.790 e. The first-order valence-electron chi connectivity index (χ1n) is 5.72. The molecular formula is C9H12FeN3O8P. The number of phosphoric acid groups is 1. The van der Waals surface area contributed by atoms with Crippen LogP contribution in [0.3, 0.4) is 0 Å². The average Bonchev–Trinajstić information content (AvgIpc) is 2.64. The van der Waals surface area contributed by atoms with Crippen LogP contribution >= 0.6 is 7.82 Å². The van der Waals surface area contributed by atoms with E-state index in [-0.39, 0.29) is 22.9 Å². The number of nitrogens with zero attached hydrogens (tertiary/aromatic N) is 2. The molecule has 11 nitrogen and oxygen atoms in total. The van der Waals surface area contributed by atoms with Gasteiger partial charge in [0.15, 0.2) is 6.23 Å². The second kappa shape index (κ2) is 7.18. The number of rotatable bonds is 4. The molecule has 1 aliphatic rings. The van der Waals surface area contributed by atoms with Crippen molar-refractivity contribution >= 4 is 13.6 Å². The standard InChI is InChI=1S/C9H14N3O8P.Fe/c10-5-1-2-12(9(15)11-5)8-7(14)6(13)4(20-8)3-19-21(16,17)18;/h1-2,4,6-8,13-14H,3H2,(H2,10,11,15)(H2,16,17,18);/q;+2/p-2/t4-,6-,7-,8-;/m1./s1. The fourth-order valence-corrected chi connectivity index (χ4v) is 2.21. The van der Waals surface area contributed by atoms with Crippen LogP contribution in [-0.4, -0.2) is 44.7 Å². The SMILES string of the molecule is Nc1ccn([C@@H]2O[C@H](COP(=O)([O-])[O-])[C@@H](O)[C@H]2O)c(=O)n1.[Fe+2]. The fourth-order valence-electron chi connectivity index (χ4n) is 1.88. The molecule has 2 rings (SSSR count). The van der Waals surface area contributed by atoms with E-state index >= 15 is 0 Å². The third kappa shape index (κ3) is 4.35. The Labute approximate surface area is 134 Å². The first-order chi connectivity index (χ1) is 9.69. The van der Waals surface area contributed by atoms with Gasteiger partial charge in [-0.3, -0.25) is 4.57 Å². The zero-order valence-electron chi connectivity index (χ0n) is 10.8. The van der Waals surface area contributed by atoms with Gasteiger partial charge in [0, 0.05) is 6.20 Å². The Morgan fingerprint density at radius 2 is 2.09 bits per heavy atom. The molecule has 0 amide bonds. The van der Waals surface area contributed by atoms with Crippen LogP contribution in [0.1, 0.15) is 6.23 Å². The maximum atomic E-state index is 11.6. The van der Waals surface area contributed by atoms with Crippen LogP contribution in [0.4, 0.5) is 5.82 Å². The number of nitrogens with two attached hydrogens (primary N) is 1. The van der Waals surface area contributed by atoms with E-state index in [2.05, 4.69) is 9.51 Å². The summed E-state index contributed by atoms with van der Waals surface area (Å²) in [6.45, 7) is -0.782. The molecule has 0 radical (unpaired) electrons. The molecular weight excluding hydrogens is 365 g/mol. The van der Waals surface area contributed by atoms with Gasteiger partial charge in [-0.1, -0.05) is 0 Å². The van der Waals surface area contributed by atoms with Crippen LogP contribution in [0, 0.1) is 0 Å². The van der Waals surface area contributed by atoms with E-state index in [0.29, 0.717) is 0 Å². The van der Waals surface area contributed by atoms with Gasteiger partial charge in [0.1, 0.15) is 24.1 Å². The molecule has 22 heavy (non-hydrogen) atoms. The number of ether oxygens (including phenoxy) is 1. The molecule has 4 atom stereocenters. The summed E-state index contributed by atoms with van der Waals surface area (Å²) in [6, 6.07) is 1.27. The van der Waals surface area contributed by atoms with Crippen molar-refractivity contribution in [3.63, 3.8) is 0 Å². The van der Waals surface area contributed by atoms with Gasteiger partial charge in [-0.05, 0) is 6.07 Å². The second-order valence-corrected chi connectivity index (χ2v) is 5.48. The van der Waals surface area contributed by atoms with Gasteiger partial charge in [-0.25, -0.2) is 4.79 Å². The van der Waals surface area contributed by atoms with E-state index in [9.17, 15) is 29.4 Å². The molecule has 0 spiro atoms. The van der Waals surface area contributed by atoms with Crippen LogP contribution in [0.15, 0.2) is 17.1 Å². The molecule has 0 saturated carbocycles. The van der Waals surface area contributed by atoms with Gasteiger partial charge >= 0.3 is 22.8 Å². The van der Waals surface area contributed by atoms with Gasteiger partial charge in [0.25, 0.3) is 0 Å². The summed E-state index contributed by atoms with van der Waals surface area (Å²) in [4.78, 5) is 35.8. The van der Waals surface area contributed by atoms with E-state index < -0.39 is 44.7 Å². The van der Waals surface area contributed by atoms with Crippen LogP contribution in [0.5, 0.6) is 0 Å². The molecule has 1 aromatic rings. The average molecular weight is 377 g/mol. The summed E-state index contributed by atoms with van der Waals surface area (Å²) in [5.74, 6) is -0.0391. The van der Waals surface area contributed by atoms with E-state index in [4.69, 9.17) is 10.5 Å². The summed E-state index contributed by atoms with van der Waals surface area (Å²) in [5.41, 5.74) is 4.49. The number of aliphatic hydroxyl groups excluding tert-OH is 2. The van der Waals surface area contributed by atoms with Gasteiger partial charge in [0.2, 0.25) is 0 Å². The van der Waals surface area contributed by atoms with Gasteiger partial charge in [-0.15, -0.1) is 0 Å². The minimum atomic E-state index is -5.24. The van der Waals surface area contributed by atoms with E-state index in [1.807, 2.05) is 0 Å². The third-order valence-corrected chi connectivity index (χ3v) is 3.33. The summed E-state index contributed by atoms with van der Waals surface area (Å²) in [6.07, 6.45) is -4.51. The Morgan fingerprint density at radius 3 is 2.64 bits per heavy atom. The van der Waals surface area contributed by atoms with Gasteiger partial charge < -0.3 is 39.6 Å². The third-order valence-electron chi connectivity index (χ3n) is 2.86. The molecule has 1 fully saturated rings. The number of anilines is 1. The smallest absolute Gasteiger partial charge is 0.790 e. The van der Waals surface area contributed by atoms with Crippen LogP contribution < -0.4 is 21.2 Å². The van der Waals surface area contributed by atoms with Crippen molar-refractivity contribution in [2.24, 2.45) is 0 Å². The molecule has 13 heteroatoms. The zero-order valence-corrected chi connectivity index (χ0v) is 12.8. The van der Waals surface area contributed by atoms with Crippen molar-refractivity contribution in [1.29, 1.82) is 0 Å². The molecule has 0 unspecified atom stereocenters. The first kappa shape index (κ1) is 19.2.